The maximum absolute atomic E-state index is 11.0. The van der Waals surface area contributed by atoms with Gasteiger partial charge in [0.15, 0.2) is 0 Å². The first-order valence-corrected chi connectivity index (χ1v) is 3.96. The molecule has 0 bridgehead atoms. The van der Waals surface area contributed by atoms with Crippen molar-refractivity contribution in [3.8, 4) is 0 Å². The second kappa shape index (κ2) is 2.07. The van der Waals surface area contributed by atoms with Crippen LogP contribution in [0.3, 0.4) is 0 Å². The lowest BCUT2D eigenvalue weighted by molar-refractivity contribution is 0.598. The van der Waals surface area contributed by atoms with Crippen LogP contribution in [-0.2, 0) is 0 Å². The van der Waals surface area contributed by atoms with E-state index >= 15 is 0 Å². The molecule has 1 aliphatic rings. The summed E-state index contributed by atoms with van der Waals surface area (Å²) < 4.78 is 11.0. The standard InChI is InChI=1S/C6H4N2OS/c9-10-2-1-5-6(10)3-7-4-8-5/h1-3,8H. The van der Waals surface area contributed by atoms with Crippen LogP contribution < -0.4 is 5.32 Å². The van der Waals surface area contributed by atoms with Gasteiger partial charge in [-0.1, -0.05) is 0 Å². The molecule has 1 aromatic rings. The first-order chi connectivity index (χ1) is 4.88. The van der Waals surface area contributed by atoms with E-state index in [0.29, 0.717) is 0 Å². The predicted molar refractivity (Wildman–Crippen MR) is 39.6 cm³/mol. The normalized spacial score (nSPS) is 16.3. The molecule has 0 spiro atoms. The molecule has 0 saturated carbocycles. The maximum atomic E-state index is 11.0. The fourth-order valence-corrected chi connectivity index (χ4v) is 1.70. The third-order valence-corrected chi connectivity index (χ3v) is 2.42. The van der Waals surface area contributed by atoms with Crippen molar-refractivity contribution in [3.05, 3.63) is 23.0 Å². The van der Waals surface area contributed by atoms with Crippen LogP contribution in [0, 0.1) is 6.67 Å². The van der Waals surface area contributed by atoms with Gasteiger partial charge in [0.1, 0.15) is 11.1 Å². The van der Waals surface area contributed by atoms with Crippen molar-refractivity contribution in [2.45, 2.75) is 0 Å². The van der Waals surface area contributed by atoms with Gasteiger partial charge >= 0.3 is 0 Å². The van der Waals surface area contributed by atoms with Crippen molar-refractivity contribution >= 4 is 22.7 Å². The van der Waals surface area contributed by atoms with Crippen LogP contribution in [0.25, 0.3) is 0 Å². The lowest BCUT2D eigenvalue weighted by Crippen LogP contribution is -1.99. The van der Waals surface area contributed by atoms with E-state index in [1.807, 2.05) is 0 Å². The summed E-state index contributed by atoms with van der Waals surface area (Å²) in [6.45, 7) is 2.55. The number of rotatable bonds is 0. The smallest absolute Gasteiger partial charge is 0.226 e. The van der Waals surface area contributed by atoms with Crippen molar-refractivity contribution in [2.24, 2.45) is 4.99 Å². The van der Waals surface area contributed by atoms with Gasteiger partial charge in [0.25, 0.3) is 0 Å². The van der Waals surface area contributed by atoms with Crippen molar-refractivity contribution in [1.82, 2.24) is 0 Å². The average Bonchev–Trinajstić information content (AvgIpc) is 2.34. The summed E-state index contributed by atoms with van der Waals surface area (Å²) >= 11 is 0. The Kier molecular flexibility index (Phi) is 1.22. The summed E-state index contributed by atoms with van der Waals surface area (Å²) in [7, 11) is -0.992. The number of hydrogen-bond donors (Lipinski definition) is 1. The molecule has 1 aromatic heterocycles. The minimum atomic E-state index is -0.992. The molecule has 3 nitrogen and oxygen atoms in total. The summed E-state index contributed by atoms with van der Waals surface area (Å²) in [6, 6.07) is 1.77. The van der Waals surface area contributed by atoms with Crippen LogP contribution in [0.5, 0.6) is 0 Å². The van der Waals surface area contributed by atoms with E-state index < -0.39 is 10.8 Å². The van der Waals surface area contributed by atoms with Crippen LogP contribution in [0.4, 0.5) is 5.69 Å². The molecule has 50 valence electrons. The highest BCUT2D eigenvalue weighted by Gasteiger charge is 2.14. The molecule has 0 fully saturated rings. The largest absolute Gasteiger partial charge is 0.590 e. The van der Waals surface area contributed by atoms with Crippen LogP contribution in [0.1, 0.15) is 4.88 Å². The molecule has 0 aliphatic carbocycles. The Morgan fingerprint density at radius 3 is 3.40 bits per heavy atom. The Balaban J connectivity index is 2.57. The first-order valence-electron chi connectivity index (χ1n) is 2.75. The minimum Gasteiger partial charge on any atom is -0.590 e. The van der Waals surface area contributed by atoms with E-state index in [2.05, 4.69) is 17.0 Å². The molecule has 10 heavy (non-hydrogen) atoms. The number of anilines is 1. The van der Waals surface area contributed by atoms with E-state index in [1.54, 1.807) is 17.7 Å². The van der Waals surface area contributed by atoms with E-state index in [-0.39, 0.29) is 0 Å². The maximum Gasteiger partial charge on any atom is 0.226 e. The average molecular weight is 152 g/mol. The molecule has 1 aliphatic heterocycles. The Bertz CT molecular complexity index is 279. The number of nitrogens with zero attached hydrogens (tertiary/aromatic N) is 1. The van der Waals surface area contributed by atoms with Gasteiger partial charge in [0.2, 0.25) is 11.5 Å². The molecule has 0 saturated heterocycles. The fraction of sp³-hybridized carbons (Fsp3) is 0. The van der Waals surface area contributed by atoms with Crippen LogP contribution in [0.2, 0.25) is 0 Å². The molecule has 0 aromatic carbocycles. The lowest BCUT2D eigenvalue weighted by Gasteiger charge is -2.02. The lowest BCUT2D eigenvalue weighted by atomic mass is 10.4. The highest BCUT2D eigenvalue weighted by molar-refractivity contribution is 7.25. The van der Waals surface area contributed by atoms with Gasteiger partial charge in [-0.15, -0.1) is 0 Å². The van der Waals surface area contributed by atoms with Crippen LogP contribution >= 0.6 is 10.8 Å². The van der Waals surface area contributed by atoms with E-state index in [9.17, 15) is 4.55 Å². The molecule has 2 radical (unpaired) electrons. The van der Waals surface area contributed by atoms with Crippen LogP contribution in [-0.4, -0.2) is 10.8 Å². The Morgan fingerprint density at radius 2 is 2.60 bits per heavy atom. The Morgan fingerprint density at radius 1 is 1.70 bits per heavy atom. The van der Waals surface area contributed by atoms with Crippen molar-refractivity contribution in [2.75, 3.05) is 5.32 Å². The molecule has 2 rings (SSSR count). The summed E-state index contributed by atoms with van der Waals surface area (Å²) in [4.78, 5) is 4.43. The molecule has 1 N–H and O–H groups in total. The molecule has 2 heterocycles. The summed E-state index contributed by atoms with van der Waals surface area (Å²) in [5, 5.41) is 4.38. The van der Waals surface area contributed by atoms with Crippen molar-refractivity contribution < 1.29 is 4.55 Å². The fourth-order valence-electron chi connectivity index (χ4n) is 0.802. The number of fused-ring (bicyclic) bond motifs is 1. The van der Waals surface area contributed by atoms with Gasteiger partial charge in [-0.3, -0.25) is 0 Å². The number of nitrogens with one attached hydrogen (secondary N) is 1. The Hall–Kier alpha value is -0.870. The molecule has 1 unspecified atom stereocenters. The molecule has 4 heteroatoms. The quantitative estimate of drug-likeness (QED) is 0.569. The van der Waals surface area contributed by atoms with E-state index in [4.69, 9.17) is 0 Å². The molecular formula is C6H4N2OS. The van der Waals surface area contributed by atoms with Gasteiger partial charge in [0, 0.05) is 6.07 Å². The second-order valence-corrected chi connectivity index (χ2v) is 3.18. The molecule has 0 amide bonds. The molecule has 1 atom stereocenters. The number of thiophene rings is 1. The zero-order valence-electron chi connectivity index (χ0n) is 5.00. The number of aliphatic imine (C=N–C) groups is 1. The van der Waals surface area contributed by atoms with E-state index in [0.717, 1.165) is 10.6 Å². The minimum absolute atomic E-state index is 0.735. The van der Waals surface area contributed by atoms with E-state index in [1.165, 1.54) is 0 Å². The van der Waals surface area contributed by atoms with Crippen LogP contribution in [0.15, 0.2) is 16.4 Å². The van der Waals surface area contributed by atoms with Crippen molar-refractivity contribution in [3.63, 3.8) is 0 Å². The van der Waals surface area contributed by atoms with Gasteiger partial charge in [0.05, 0.1) is 6.21 Å². The van der Waals surface area contributed by atoms with Gasteiger partial charge in [-0.05, 0) is 10.8 Å². The first kappa shape index (κ1) is 5.88. The van der Waals surface area contributed by atoms with Gasteiger partial charge in [-0.2, -0.15) is 0 Å². The van der Waals surface area contributed by atoms with Gasteiger partial charge in [-0.25, -0.2) is 4.99 Å². The highest BCUT2D eigenvalue weighted by atomic mass is 32.2. The second-order valence-electron chi connectivity index (χ2n) is 1.87. The zero-order valence-corrected chi connectivity index (χ0v) is 5.81. The summed E-state index contributed by atoms with van der Waals surface area (Å²) in [5.74, 6) is 0. The Labute approximate surface area is 61.2 Å². The predicted octanol–water partition coefficient (Wildman–Crippen LogP) is 1.25. The summed E-state index contributed by atoms with van der Waals surface area (Å²) in [5.41, 5.74) is 0.841. The highest BCUT2D eigenvalue weighted by Crippen LogP contribution is 2.29. The SMILES string of the molecule is [O-][s+]1ccc2c1C=N[C]N2. The topological polar surface area (TPSA) is 47.5 Å². The zero-order chi connectivity index (χ0) is 6.97. The monoisotopic (exact) mass is 152 g/mol. The number of hydrogen-bond acceptors (Lipinski definition) is 3. The van der Waals surface area contributed by atoms with Gasteiger partial charge < -0.3 is 9.87 Å². The molecular weight excluding hydrogens is 148 g/mol. The third-order valence-electron chi connectivity index (χ3n) is 1.28. The van der Waals surface area contributed by atoms with Crippen molar-refractivity contribution in [1.29, 1.82) is 0 Å². The summed E-state index contributed by atoms with van der Waals surface area (Å²) in [6.07, 6.45) is 1.56. The third kappa shape index (κ3) is 0.732.